The van der Waals surface area contributed by atoms with E-state index in [1.165, 1.54) is 0 Å². The van der Waals surface area contributed by atoms with E-state index in [0.29, 0.717) is 24.3 Å². The summed E-state index contributed by atoms with van der Waals surface area (Å²) < 4.78 is 0. The molecule has 74 valence electrons. The maximum Gasteiger partial charge on any atom is 0.127 e. The minimum atomic E-state index is -0.318. The molecule has 0 unspecified atom stereocenters. The molecule has 0 saturated heterocycles. The molecule has 0 fully saturated rings. The SMILES string of the molecule is C[C@H](O)CCNc1cc(C#N)ccn1. The maximum atomic E-state index is 9.02. The molecule has 0 saturated carbocycles. The van der Waals surface area contributed by atoms with E-state index >= 15 is 0 Å². The van der Waals surface area contributed by atoms with Crippen LogP contribution in [0.2, 0.25) is 0 Å². The second-order valence-electron chi connectivity index (χ2n) is 3.11. The van der Waals surface area contributed by atoms with Crippen LogP contribution in [0, 0.1) is 11.3 Å². The first-order valence-corrected chi connectivity index (χ1v) is 4.50. The van der Waals surface area contributed by atoms with Crippen LogP contribution in [-0.4, -0.2) is 22.7 Å². The van der Waals surface area contributed by atoms with Gasteiger partial charge in [0.15, 0.2) is 0 Å². The van der Waals surface area contributed by atoms with Crippen molar-refractivity contribution in [1.29, 1.82) is 5.26 Å². The fraction of sp³-hybridized carbons (Fsp3) is 0.400. The number of nitriles is 1. The van der Waals surface area contributed by atoms with Crippen LogP contribution in [0.4, 0.5) is 5.82 Å². The van der Waals surface area contributed by atoms with Crippen LogP contribution in [0.25, 0.3) is 0 Å². The molecular formula is C10H13N3O. The summed E-state index contributed by atoms with van der Waals surface area (Å²) >= 11 is 0. The lowest BCUT2D eigenvalue weighted by atomic mass is 10.2. The number of anilines is 1. The molecule has 0 bridgehead atoms. The zero-order chi connectivity index (χ0) is 10.4. The van der Waals surface area contributed by atoms with E-state index in [4.69, 9.17) is 10.4 Å². The summed E-state index contributed by atoms with van der Waals surface area (Å²) in [5.74, 6) is 0.671. The Balaban J connectivity index is 2.47. The van der Waals surface area contributed by atoms with Gasteiger partial charge in [-0.15, -0.1) is 0 Å². The van der Waals surface area contributed by atoms with E-state index in [0.717, 1.165) is 0 Å². The monoisotopic (exact) mass is 191 g/mol. The van der Waals surface area contributed by atoms with Gasteiger partial charge in [0.1, 0.15) is 5.82 Å². The van der Waals surface area contributed by atoms with Crippen molar-refractivity contribution in [1.82, 2.24) is 4.98 Å². The number of nitrogens with zero attached hydrogens (tertiary/aromatic N) is 2. The quantitative estimate of drug-likeness (QED) is 0.748. The van der Waals surface area contributed by atoms with Crippen molar-refractivity contribution in [2.45, 2.75) is 19.4 Å². The topological polar surface area (TPSA) is 68.9 Å². The van der Waals surface area contributed by atoms with Gasteiger partial charge in [-0.1, -0.05) is 0 Å². The zero-order valence-electron chi connectivity index (χ0n) is 8.07. The number of aliphatic hydroxyl groups is 1. The largest absolute Gasteiger partial charge is 0.393 e. The van der Waals surface area contributed by atoms with Crippen LogP contribution < -0.4 is 5.32 Å². The molecule has 4 nitrogen and oxygen atoms in total. The maximum absolute atomic E-state index is 9.02. The second kappa shape index (κ2) is 5.20. The van der Waals surface area contributed by atoms with Gasteiger partial charge in [0, 0.05) is 12.7 Å². The van der Waals surface area contributed by atoms with E-state index in [1.807, 2.05) is 6.07 Å². The standard InChI is InChI=1S/C10H13N3O/c1-8(14)2-4-12-10-6-9(7-11)3-5-13-10/h3,5-6,8,14H,2,4H2,1H3,(H,12,13)/t8-/m0/s1. The summed E-state index contributed by atoms with van der Waals surface area (Å²) in [4.78, 5) is 4.04. The van der Waals surface area contributed by atoms with E-state index in [1.54, 1.807) is 25.3 Å². The van der Waals surface area contributed by atoms with E-state index in [-0.39, 0.29) is 6.10 Å². The first kappa shape index (κ1) is 10.5. The Morgan fingerprint density at radius 1 is 1.71 bits per heavy atom. The number of aromatic nitrogens is 1. The Kier molecular flexibility index (Phi) is 3.89. The molecule has 14 heavy (non-hydrogen) atoms. The molecule has 1 aromatic rings. The fourth-order valence-electron chi connectivity index (χ4n) is 1.01. The lowest BCUT2D eigenvalue weighted by molar-refractivity contribution is 0.188. The normalized spacial score (nSPS) is 11.8. The smallest absolute Gasteiger partial charge is 0.127 e. The summed E-state index contributed by atoms with van der Waals surface area (Å²) in [7, 11) is 0. The number of hydrogen-bond donors (Lipinski definition) is 2. The molecule has 0 amide bonds. The van der Waals surface area contributed by atoms with Crippen molar-refractivity contribution in [3.63, 3.8) is 0 Å². The zero-order valence-corrected chi connectivity index (χ0v) is 8.07. The van der Waals surface area contributed by atoms with Gasteiger partial charge in [-0.25, -0.2) is 4.98 Å². The molecule has 0 aliphatic rings. The minimum absolute atomic E-state index is 0.318. The third kappa shape index (κ3) is 3.42. The second-order valence-corrected chi connectivity index (χ2v) is 3.11. The molecule has 0 spiro atoms. The van der Waals surface area contributed by atoms with Gasteiger partial charge < -0.3 is 10.4 Å². The third-order valence-corrected chi connectivity index (χ3v) is 1.76. The highest BCUT2D eigenvalue weighted by Gasteiger charge is 1.97. The summed E-state index contributed by atoms with van der Waals surface area (Å²) in [6, 6.07) is 5.37. The number of rotatable bonds is 4. The summed E-state index contributed by atoms with van der Waals surface area (Å²) in [6.07, 6.45) is 1.93. The summed E-state index contributed by atoms with van der Waals surface area (Å²) in [5, 5.41) is 20.7. The molecular weight excluding hydrogens is 178 g/mol. The average molecular weight is 191 g/mol. The third-order valence-electron chi connectivity index (χ3n) is 1.76. The van der Waals surface area contributed by atoms with Crippen molar-refractivity contribution in [3.8, 4) is 6.07 Å². The Morgan fingerprint density at radius 2 is 2.50 bits per heavy atom. The molecule has 1 atom stereocenters. The van der Waals surface area contributed by atoms with Crippen molar-refractivity contribution in [2.24, 2.45) is 0 Å². The van der Waals surface area contributed by atoms with Gasteiger partial charge in [-0.05, 0) is 25.5 Å². The Bertz CT molecular complexity index is 330. The molecule has 0 aliphatic carbocycles. The van der Waals surface area contributed by atoms with E-state index < -0.39 is 0 Å². The summed E-state index contributed by atoms with van der Waals surface area (Å²) in [6.45, 7) is 2.39. The molecule has 1 rings (SSSR count). The molecule has 0 aromatic carbocycles. The van der Waals surface area contributed by atoms with Gasteiger partial charge in [-0.3, -0.25) is 0 Å². The van der Waals surface area contributed by atoms with Crippen LogP contribution in [0.3, 0.4) is 0 Å². The van der Waals surface area contributed by atoms with Crippen molar-refractivity contribution in [2.75, 3.05) is 11.9 Å². The lowest BCUT2D eigenvalue weighted by Crippen LogP contribution is -2.10. The number of nitrogens with one attached hydrogen (secondary N) is 1. The van der Waals surface area contributed by atoms with Crippen molar-refractivity contribution < 1.29 is 5.11 Å². The highest BCUT2D eigenvalue weighted by atomic mass is 16.3. The molecule has 1 aromatic heterocycles. The fourth-order valence-corrected chi connectivity index (χ4v) is 1.01. The van der Waals surface area contributed by atoms with Crippen LogP contribution in [-0.2, 0) is 0 Å². The first-order valence-electron chi connectivity index (χ1n) is 4.50. The minimum Gasteiger partial charge on any atom is -0.393 e. The van der Waals surface area contributed by atoms with Crippen LogP contribution in [0.1, 0.15) is 18.9 Å². The molecule has 0 aliphatic heterocycles. The average Bonchev–Trinajstić information content (AvgIpc) is 2.18. The van der Waals surface area contributed by atoms with Crippen molar-refractivity contribution >= 4 is 5.82 Å². The molecule has 0 radical (unpaired) electrons. The number of pyridine rings is 1. The Morgan fingerprint density at radius 3 is 3.14 bits per heavy atom. The molecule has 2 N–H and O–H groups in total. The van der Waals surface area contributed by atoms with E-state index in [9.17, 15) is 0 Å². The molecule has 4 heteroatoms. The van der Waals surface area contributed by atoms with E-state index in [2.05, 4.69) is 10.3 Å². The summed E-state index contributed by atoms with van der Waals surface area (Å²) in [5.41, 5.74) is 0.583. The highest BCUT2D eigenvalue weighted by molar-refractivity contribution is 5.42. The first-order chi connectivity index (χ1) is 6.72. The van der Waals surface area contributed by atoms with Gasteiger partial charge in [0.05, 0.1) is 17.7 Å². The number of aliphatic hydroxyl groups excluding tert-OH is 1. The predicted molar refractivity (Wildman–Crippen MR) is 53.7 cm³/mol. The molecule has 1 heterocycles. The van der Waals surface area contributed by atoms with Crippen LogP contribution in [0.5, 0.6) is 0 Å². The van der Waals surface area contributed by atoms with Gasteiger partial charge in [0.2, 0.25) is 0 Å². The number of hydrogen-bond acceptors (Lipinski definition) is 4. The predicted octanol–water partition coefficient (Wildman–Crippen LogP) is 1.14. The van der Waals surface area contributed by atoms with Crippen molar-refractivity contribution in [3.05, 3.63) is 23.9 Å². The van der Waals surface area contributed by atoms with Gasteiger partial charge in [-0.2, -0.15) is 5.26 Å². The highest BCUT2D eigenvalue weighted by Crippen LogP contribution is 2.05. The lowest BCUT2D eigenvalue weighted by Gasteiger charge is -2.06. The van der Waals surface area contributed by atoms with Crippen LogP contribution in [0.15, 0.2) is 18.3 Å². The Hall–Kier alpha value is -1.60. The van der Waals surface area contributed by atoms with Crippen LogP contribution >= 0.6 is 0 Å². The van der Waals surface area contributed by atoms with Gasteiger partial charge in [0.25, 0.3) is 0 Å². The Labute approximate surface area is 83.2 Å². The van der Waals surface area contributed by atoms with Gasteiger partial charge >= 0.3 is 0 Å².